The van der Waals surface area contributed by atoms with Crippen molar-refractivity contribution in [3.05, 3.63) is 51.9 Å². The number of anilines is 1. The molecule has 33 heavy (non-hydrogen) atoms. The Balaban J connectivity index is 1.36. The molecule has 0 aliphatic carbocycles. The Bertz CT molecular complexity index is 1200. The molecule has 0 spiro atoms. The number of imidazole rings is 1. The standard InChI is InChI=1S/C23H25ClF2N6O/c24-15-9-18(27)14(8-16(15)25)23(33)32-6-3-12(4-7-32)19-17(26)11-29-22-20(19)30-21(31-22)13-2-1-5-28-10-13/h8-9,11-13,28H,1-7,10,27H2,(H,29,30,31). The fraction of sp³-hybridized carbons (Fsp3) is 0.435. The van der Waals surface area contributed by atoms with Crippen molar-refractivity contribution in [1.29, 1.82) is 0 Å². The van der Waals surface area contributed by atoms with Gasteiger partial charge in [-0.2, -0.15) is 0 Å². The number of benzene rings is 1. The molecule has 4 N–H and O–H groups in total. The van der Waals surface area contributed by atoms with E-state index in [-0.39, 0.29) is 39.8 Å². The van der Waals surface area contributed by atoms with Crippen molar-refractivity contribution in [2.24, 2.45) is 0 Å². The zero-order valence-electron chi connectivity index (χ0n) is 18.0. The number of aromatic nitrogens is 3. The highest BCUT2D eigenvalue weighted by molar-refractivity contribution is 6.31. The lowest BCUT2D eigenvalue weighted by Gasteiger charge is -2.32. The molecular formula is C23H25ClF2N6O. The van der Waals surface area contributed by atoms with Crippen LogP contribution in [0.4, 0.5) is 14.5 Å². The number of hydrogen-bond acceptors (Lipinski definition) is 5. The zero-order chi connectivity index (χ0) is 23.1. The molecule has 174 valence electrons. The zero-order valence-corrected chi connectivity index (χ0v) is 18.8. The molecule has 2 aromatic heterocycles. The average Bonchev–Trinajstić information content (AvgIpc) is 3.26. The van der Waals surface area contributed by atoms with Crippen LogP contribution in [-0.4, -0.2) is 51.9 Å². The maximum Gasteiger partial charge on any atom is 0.256 e. The second-order valence-corrected chi connectivity index (χ2v) is 9.21. The maximum absolute atomic E-state index is 14.9. The molecule has 1 atom stereocenters. The number of piperidine rings is 2. The molecular weight excluding hydrogens is 450 g/mol. The number of nitrogens with one attached hydrogen (secondary N) is 2. The third-order valence-electron chi connectivity index (χ3n) is 6.73. The third-order valence-corrected chi connectivity index (χ3v) is 7.02. The fourth-order valence-corrected chi connectivity index (χ4v) is 5.11. The van der Waals surface area contributed by atoms with Gasteiger partial charge in [-0.1, -0.05) is 11.6 Å². The van der Waals surface area contributed by atoms with Gasteiger partial charge in [-0.05, 0) is 50.3 Å². The molecule has 0 bridgehead atoms. The lowest BCUT2D eigenvalue weighted by Crippen LogP contribution is -2.38. The van der Waals surface area contributed by atoms with Gasteiger partial charge in [0.05, 0.1) is 22.3 Å². The highest BCUT2D eigenvalue weighted by Gasteiger charge is 2.30. The maximum atomic E-state index is 14.9. The summed E-state index contributed by atoms with van der Waals surface area (Å²) in [7, 11) is 0. The largest absolute Gasteiger partial charge is 0.398 e. The summed E-state index contributed by atoms with van der Waals surface area (Å²) in [6, 6.07) is 2.32. The highest BCUT2D eigenvalue weighted by atomic mass is 35.5. The molecule has 0 saturated carbocycles. The van der Waals surface area contributed by atoms with E-state index in [0.29, 0.717) is 42.7 Å². The van der Waals surface area contributed by atoms with Crippen LogP contribution in [0.2, 0.25) is 5.02 Å². The Morgan fingerprint density at radius 3 is 2.67 bits per heavy atom. The van der Waals surface area contributed by atoms with Crippen LogP contribution in [0.3, 0.4) is 0 Å². The van der Waals surface area contributed by atoms with E-state index in [1.807, 2.05) is 0 Å². The van der Waals surface area contributed by atoms with E-state index in [0.717, 1.165) is 37.8 Å². The first-order valence-electron chi connectivity index (χ1n) is 11.2. The van der Waals surface area contributed by atoms with Gasteiger partial charge >= 0.3 is 0 Å². The van der Waals surface area contributed by atoms with Crippen LogP contribution >= 0.6 is 11.6 Å². The summed E-state index contributed by atoms with van der Waals surface area (Å²) in [5.74, 6) is -0.396. The monoisotopic (exact) mass is 474 g/mol. The second-order valence-electron chi connectivity index (χ2n) is 8.80. The van der Waals surface area contributed by atoms with E-state index < -0.39 is 5.82 Å². The second kappa shape index (κ2) is 8.87. The molecule has 3 aromatic rings. The van der Waals surface area contributed by atoms with Gasteiger partial charge in [0, 0.05) is 36.8 Å². The minimum absolute atomic E-state index is 0.0865. The molecule has 2 aliphatic heterocycles. The summed E-state index contributed by atoms with van der Waals surface area (Å²) in [6.07, 6.45) is 4.47. The van der Waals surface area contributed by atoms with E-state index in [2.05, 4.69) is 20.3 Å². The number of rotatable bonds is 3. The molecule has 10 heteroatoms. The number of nitrogen functional groups attached to an aromatic ring is 1. The summed E-state index contributed by atoms with van der Waals surface area (Å²) >= 11 is 5.75. The SMILES string of the molecule is Nc1cc(Cl)c(F)cc1C(=O)N1CCC(c2c(F)cnc3nc(C4CCCNC4)[nH]c23)CC1. The molecule has 1 unspecified atom stereocenters. The lowest BCUT2D eigenvalue weighted by molar-refractivity contribution is 0.0713. The van der Waals surface area contributed by atoms with Crippen molar-refractivity contribution in [2.45, 2.75) is 37.5 Å². The van der Waals surface area contributed by atoms with Crippen molar-refractivity contribution in [1.82, 2.24) is 25.2 Å². The van der Waals surface area contributed by atoms with Gasteiger partial charge in [0.1, 0.15) is 17.5 Å². The minimum Gasteiger partial charge on any atom is -0.398 e. The Morgan fingerprint density at radius 2 is 1.94 bits per heavy atom. The molecule has 0 radical (unpaired) electrons. The lowest BCUT2D eigenvalue weighted by atomic mass is 9.88. The Labute approximate surface area is 194 Å². The Hall–Kier alpha value is -2.78. The van der Waals surface area contributed by atoms with Crippen LogP contribution in [0, 0.1) is 11.6 Å². The number of halogens is 3. The van der Waals surface area contributed by atoms with E-state index >= 15 is 0 Å². The minimum atomic E-state index is -0.687. The number of H-pyrrole nitrogens is 1. The van der Waals surface area contributed by atoms with Gasteiger partial charge in [-0.15, -0.1) is 0 Å². The number of pyridine rings is 1. The molecule has 1 aromatic carbocycles. The molecule has 2 fully saturated rings. The predicted molar refractivity (Wildman–Crippen MR) is 122 cm³/mol. The van der Waals surface area contributed by atoms with Gasteiger partial charge in [0.25, 0.3) is 5.91 Å². The van der Waals surface area contributed by atoms with Gasteiger partial charge < -0.3 is 20.9 Å². The topological polar surface area (TPSA) is 99.9 Å². The van der Waals surface area contributed by atoms with Crippen LogP contribution in [0.15, 0.2) is 18.3 Å². The molecule has 2 saturated heterocycles. The van der Waals surface area contributed by atoms with Crippen molar-refractivity contribution in [2.75, 3.05) is 31.9 Å². The van der Waals surface area contributed by atoms with Crippen molar-refractivity contribution in [3.63, 3.8) is 0 Å². The van der Waals surface area contributed by atoms with Crippen LogP contribution in [0.5, 0.6) is 0 Å². The number of amides is 1. The third kappa shape index (κ3) is 4.15. The fourth-order valence-electron chi connectivity index (χ4n) is 4.94. The van der Waals surface area contributed by atoms with Gasteiger partial charge in [0.15, 0.2) is 5.65 Å². The summed E-state index contributed by atoms with van der Waals surface area (Å²) in [5, 5.41) is 3.25. The first-order chi connectivity index (χ1) is 15.9. The molecule has 4 heterocycles. The Kier molecular flexibility index (Phi) is 5.92. The first-order valence-corrected chi connectivity index (χ1v) is 11.6. The summed E-state index contributed by atoms with van der Waals surface area (Å²) in [5.41, 5.74) is 7.86. The van der Waals surface area contributed by atoms with Crippen molar-refractivity contribution < 1.29 is 13.6 Å². The average molecular weight is 475 g/mol. The summed E-state index contributed by atoms with van der Waals surface area (Å²) in [4.78, 5) is 26.7. The van der Waals surface area contributed by atoms with Crippen molar-refractivity contribution >= 4 is 34.4 Å². The smallest absolute Gasteiger partial charge is 0.256 e. The van der Waals surface area contributed by atoms with Gasteiger partial charge in [-0.3, -0.25) is 4.79 Å². The number of hydrogen-bond donors (Lipinski definition) is 3. The molecule has 1 amide bonds. The molecule has 7 nitrogen and oxygen atoms in total. The number of fused-ring (bicyclic) bond motifs is 1. The van der Waals surface area contributed by atoms with Crippen LogP contribution in [0.25, 0.3) is 11.2 Å². The van der Waals surface area contributed by atoms with Crippen LogP contribution < -0.4 is 11.1 Å². The molecule has 5 rings (SSSR count). The number of nitrogens with zero attached hydrogens (tertiary/aromatic N) is 3. The number of carbonyl (C=O) groups excluding carboxylic acids is 1. The normalized spacial score (nSPS) is 19.8. The van der Waals surface area contributed by atoms with E-state index in [4.69, 9.17) is 17.3 Å². The summed E-state index contributed by atoms with van der Waals surface area (Å²) < 4.78 is 28.8. The van der Waals surface area contributed by atoms with Gasteiger partial charge in [0.2, 0.25) is 0 Å². The number of nitrogens with two attached hydrogens (primary N) is 1. The number of likely N-dealkylation sites (tertiary alicyclic amines) is 1. The van der Waals surface area contributed by atoms with E-state index in [1.165, 1.54) is 12.3 Å². The highest BCUT2D eigenvalue weighted by Crippen LogP contribution is 2.35. The Morgan fingerprint density at radius 1 is 1.15 bits per heavy atom. The van der Waals surface area contributed by atoms with Crippen molar-refractivity contribution in [3.8, 4) is 0 Å². The predicted octanol–water partition coefficient (Wildman–Crippen LogP) is 3.96. The molecule has 2 aliphatic rings. The van der Waals surface area contributed by atoms with Crippen LogP contribution in [0.1, 0.15) is 59.3 Å². The quantitative estimate of drug-likeness (QED) is 0.499. The van der Waals surface area contributed by atoms with Gasteiger partial charge in [-0.25, -0.2) is 18.7 Å². The number of aromatic amines is 1. The van der Waals surface area contributed by atoms with E-state index in [9.17, 15) is 13.6 Å². The van der Waals surface area contributed by atoms with E-state index in [1.54, 1.807) is 4.90 Å². The first kappa shape index (κ1) is 22.0. The summed E-state index contributed by atoms with van der Waals surface area (Å²) in [6.45, 7) is 2.65. The number of carbonyl (C=O) groups is 1. The van der Waals surface area contributed by atoms with Crippen LogP contribution in [-0.2, 0) is 0 Å².